The second-order valence-electron chi connectivity index (χ2n) is 6.24. The van der Waals surface area contributed by atoms with E-state index in [9.17, 15) is 39.6 Å². The van der Waals surface area contributed by atoms with E-state index in [4.69, 9.17) is 9.29 Å². The molecule has 0 aliphatic carbocycles. The van der Waals surface area contributed by atoms with Crippen molar-refractivity contribution in [1.82, 2.24) is 0 Å². The van der Waals surface area contributed by atoms with Gasteiger partial charge in [-0.3, -0.25) is 9.35 Å². The van der Waals surface area contributed by atoms with Crippen LogP contribution in [0.25, 0.3) is 0 Å². The highest BCUT2D eigenvalue weighted by molar-refractivity contribution is 7.85. The lowest BCUT2D eigenvalue weighted by Gasteiger charge is -2.35. The van der Waals surface area contributed by atoms with E-state index in [2.05, 4.69) is 13.2 Å². The molecule has 0 saturated carbocycles. The zero-order valence-electron chi connectivity index (χ0n) is 14.9. The molecular formula is C17H16F6O5S. The van der Waals surface area contributed by atoms with Gasteiger partial charge in [-0.15, -0.1) is 0 Å². The number of carbonyl (C=O) groups excluding carboxylic acids is 1. The Balaban J connectivity index is 3.39. The van der Waals surface area contributed by atoms with Crippen LogP contribution in [0.15, 0.2) is 48.8 Å². The summed E-state index contributed by atoms with van der Waals surface area (Å²) in [5.74, 6) is -4.47. The molecule has 0 aliphatic rings. The molecule has 0 fully saturated rings. The minimum absolute atomic E-state index is 0.0425. The Morgan fingerprint density at radius 1 is 1.10 bits per heavy atom. The van der Waals surface area contributed by atoms with Crippen LogP contribution in [0.3, 0.4) is 0 Å². The van der Waals surface area contributed by atoms with Crippen LogP contribution in [-0.2, 0) is 10.1 Å². The fourth-order valence-corrected chi connectivity index (χ4v) is 3.28. The first kappa shape index (κ1) is 24.7. The van der Waals surface area contributed by atoms with Crippen LogP contribution in [-0.4, -0.2) is 36.9 Å². The van der Waals surface area contributed by atoms with E-state index in [1.54, 1.807) is 0 Å². The smallest absolute Gasteiger partial charge is 0.404 e. The Kier molecular flexibility index (Phi) is 6.97. The van der Waals surface area contributed by atoms with Gasteiger partial charge in [-0.1, -0.05) is 25.3 Å². The van der Waals surface area contributed by atoms with Crippen molar-refractivity contribution in [3.8, 4) is 5.75 Å². The van der Waals surface area contributed by atoms with Gasteiger partial charge in [0.2, 0.25) is 0 Å². The topological polar surface area (TPSA) is 80.7 Å². The molecule has 162 valence electrons. The van der Waals surface area contributed by atoms with E-state index in [-0.39, 0.29) is 11.5 Å². The zero-order chi connectivity index (χ0) is 22.8. The Morgan fingerprint density at radius 3 is 2.03 bits per heavy atom. The fraction of sp³-hybridized carbons (Fsp3) is 0.353. The average molecular weight is 446 g/mol. The summed E-state index contributed by atoms with van der Waals surface area (Å²) < 4.78 is 116. The summed E-state index contributed by atoms with van der Waals surface area (Å²) in [4.78, 5) is 12.2. The van der Waals surface area contributed by atoms with Crippen molar-refractivity contribution < 1.29 is 48.8 Å². The Labute approximate surface area is 162 Å². The van der Waals surface area contributed by atoms with Crippen LogP contribution in [0, 0.1) is 5.41 Å². The second-order valence-corrected chi connectivity index (χ2v) is 7.69. The lowest BCUT2D eigenvalue weighted by atomic mass is 9.81. The Bertz CT molecular complexity index is 901. The van der Waals surface area contributed by atoms with Gasteiger partial charge in [0, 0.05) is 12.0 Å². The highest BCUT2D eigenvalue weighted by atomic mass is 32.2. The van der Waals surface area contributed by atoms with Crippen molar-refractivity contribution >= 4 is 15.9 Å². The quantitative estimate of drug-likeness (QED) is 0.205. The number of halogens is 6. The number of Topliss-reactive ketones (excluding diaryl/α,β-unsaturated/α-hetero) is 1. The van der Waals surface area contributed by atoms with E-state index in [0.29, 0.717) is 5.57 Å². The van der Waals surface area contributed by atoms with Crippen LogP contribution in [0.1, 0.15) is 23.7 Å². The first-order chi connectivity index (χ1) is 12.9. The summed E-state index contributed by atoms with van der Waals surface area (Å²) in [5, 5.41) is 0. The number of allylic oxidation sites excluding steroid dienone is 1. The third kappa shape index (κ3) is 6.07. The monoisotopic (exact) mass is 446 g/mol. The maximum absolute atomic E-state index is 13.3. The number of rotatable bonds is 8. The molecule has 0 aromatic heterocycles. The molecule has 12 heteroatoms. The van der Waals surface area contributed by atoms with Gasteiger partial charge in [0.15, 0.2) is 11.2 Å². The summed E-state index contributed by atoms with van der Waals surface area (Å²) in [6, 6.07) is 4.22. The summed E-state index contributed by atoms with van der Waals surface area (Å²) in [7, 11) is -5.75. The molecular weight excluding hydrogens is 430 g/mol. The molecule has 1 rings (SSSR count). The Morgan fingerprint density at radius 2 is 1.62 bits per heavy atom. The van der Waals surface area contributed by atoms with Crippen molar-refractivity contribution in [1.29, 1.82) is 0 Å². The van der Waals surface area contributed by atoms with Crippen molar-refractivity contribution in [2.75, 3.05) is 5.75 Å². The third-order valence-corrected chi connectivity index (χ3v) is 4.71. The van der Waals surface area contributed by atoms with Crippen LogP contribution >= 0.6 is 0 Å². The van der Waals surface area contributed by atoms with E-state index in [1.807, 2.05) is 0 Å². The first-order valence-corrected chi connectivity index (χ1v) is 9.25. The molecule has 0 amide bonds. The first-order valence-electron chi connectivity index (χ1n) is 7.64. The maximum Gasteiger partial charge on any atom is 0.404 e. The van der Waals surface area contributed by atoms with Crippen molar-refractivity contribution in [2.24, 2.45) is 5.41 Å². The molecule has 0 heterocycles. The summed E-state index contributed by atoms with van der Waals surface area (Å²) in [6.07, 6.45) is -14.7. The summed E-state index contributed by atoms with van der Waals surface area (Å²) in [5.41, 5.74) is -5.21. The lowest BCUT2D eigenvalue weighted by molar-refractivity contribution is -0.331. The molecule has 0 saturated heterocycles. The van der Waals surface area contributed by atoms with Crippen molar-refractivity contribution in [3.05, 3.63) is 54.3 Å². The van der Waals surface area contributed by atoms with E-state index >= 15 is 0 Å². The number of ether oxygens (including phenoxy) is 1. The number of hydrogen-bond donors (Lipinski definition) is 1. The average Bonchev–Trinajstić information content (AvgIpc) is 2.50. The highest BCUT2D eigenvalue weighted by Gasteiger charge is 2.72. The molecule has 1 aromatic carbocycles. The van der Waals surface area contributed by atoms with Gasteiger partial charge in [0.05, 0.1) is 5.75 Å². The van der Waals surface area contributed by atoms with Gasteiger partial charge in [-0.2, -0.15) is 34.8 Å². The van der Waals surface area contributed by atoms with Gasteiger partial charge in [0.25, 0.3) is 10.1 Å². The van der Waals surface area contributed by atoms with Crippen LogP contribution in [0.5, 0.6) is 5.75 Å². The van der Waals surface area contributed by atoms with Gasteiger partial charge in [-0.25, -0.2) is 0 Å². The number of carbonyl (C=O) groups is 1. The number of benzene rings is 1. The second kappa shape index (κ2) is 8.19. The molecule has 0 atom stereocenters. The lowest BCUT2D eigenvalue weighted by Crippen LogP contribution is -2.55. The summed E-state index contributed by atoms with van der Waals surface area (Å²) >= 11 is 0. The molecule has 0 unspecified atom stereocenters. The largest absolute Gasteiger partial charge is 0.458 e. The molecule has 5 nitrogen and oxygen atoms in total. The van der Waals surface area contributed by atoms with Gasteiger partial charge >= 0.3 is 12.4 Å². The Hall–Kier alpha value is -2.34. The zero-order valence-corrected chi connectivity index (χ0v) is 15.7. The normalized spacial score (nSPS) is 13.1. The van der Waals surface area contributed by atoms with Crippen molar-refractivity contribution in [3.63, 3.8) is 0 Å². The highest BCUT2D eigenvalue weighted by Crippen LogP contribution is 2.53. The fourth-order valence-electron chi connectivity index (χ4n) is 2.23. The molecule has 0 aliphatic heterocycles. The van der Waals surface area contributed by atoms with Crippen LogP contribution in [0.4, 0.5) is 26.3 Å². The predicted octanol–water partition coefficient (Wildman–Crippen LogP) is 4.73. The van der Waals surface area contributed by atoms with Gasteiger partial charge in [-0.05, 0) is 24.6 Å². The van der Waals surface area contributed by atoms with E-state index in [0.717, 1.165) is 18.2 Å². The van der Waals surface area contributed by atoms with Crippen molar-refractivity contribution in [2.45, 2.75) is 25.7 Å². The van der Waals surface area contributed by atoms with E-state index in [1.165, 1.54) is 13.0 Å². The van der Waals surface area contributed by atoms with Gasteiger partial charge in [0.1, 0.15) is 11.5 Å². The molecule has 0 radical (unpaired) electrons. The molecule has 1 N–H and O–H groups in total. The minimum Gasteiger partial charge on any atom is -0.458 e. The SMILES string of the molecule is C=C(C)C(=C)Oc1cccc(C(=O)CC(CS(=O)(=O)O)(C(F)(F)F)C(F)(F)F)c1. The number of ketones is 1. The third-order valence-electron chi connectivity index (χ3n) is 3.85. The molecule has 1 aromatic rings. The molecule has 29 heavy (non-hydrogen) atoms. The number of hydrogen-bond acceptors (Lipinski definition) is 4. The maximum atomic E-state index is 13.3. The predicted molar refractivity (Wildman–Crippen MR) is 90.9 cm³/mol. The molecule has 0 bridgehead atoms. The summed E-state index contributed by atoms with van der Waals surface area (Å²) in [6.45, 7) is 8.53. The van der Waals surface area contributed by atoms with Crippen LogP contribution in [0.2, 0.25) is 0 Å². The van der Waals surface area contributed by atoms with E-state index < -0.39 is 51.4 Å². The molecule has 0 spiro atoms. The van der Waals surface area contributed by atoms with Crippen LogP contribution < -0.4 is 4.74 Å². The minimum atomic E-state index is -6.20. The standard InChI is InChI=1S/C17H16F6O5S/c1-10(2)11(3)28-13-6-4-5-12(7-13)14(24)8-15(16(18,19)20,17(21,22)23)9-29(25,26)27/h4-7H,1,3,8-9H2,2H3,(H,25,26,27). The number of alkyl halides is 6. The van der Waals surface area contributed by atoms with Gasteiger partial charge < -0.3 is 4.74 Å².